The molecule has 3 heteroatoms. The third kappa shape index (κ3) is 17.2. The van der Waals surface area contributed by atoms with E-state index in [1.807, 2.05) is 0 Å². The van der Waals surface area contributed by atoms with Crippen LogP contribution >= 0.6 is 0 Å². The molecule has 0 saturated carbocycles. The van der Waals surface area contributed by atoms with Crippen LogP contribution in [0.15, 0.2) is 18.2 Å². The van der Waals surface area contributed by atoms with Gasteiger partial charge in [-0.25, -0.2) is 0 Å². The topological polar surface area (TPSA) is 21.7 Å². The molecular weight excluding hydrogens is 418 g/mol. The number of hydrogen-bond acceptors (Lipinski definition) is 3. The highest BCUT2D eigenvalue weighted by Crippen LogP contribution is 2.30. The third-order valence-corrected chi connectivity index (χ3v) is 6.59. The lowest BCUT2D eigenvalue weighted by Gasteiger charge is -2.15. The van der Waals surface area contributed by atoms with Crippen molar-refractivity contribution in [3.63, 3.8) is 0 Å². The molecule has 1 aromatic rings. The Morgan fingerprint density at radius 2 is 1.03 bits per heavy atom. The van der Waals surface area contributed by atoms with Crippen molar-refractivity contribution < 1.29 is 9.47 Å². The molecule has 0 aromatic heterocycles. The summed E-state index contributed by atoms with van der Waals surface area (Å²) in [6.07, 6.45) is 23.5. The molecule has 0 bridgehead atoms. The van der Waals surface area contributed by atoms with Crippen LogP contribution in [-0.4, -0.2) is 38.8 Å². The Morgan fingerprint density at radius 3 is 1.53 bits per heavy atom. The quantitative estimate of drug-likeness (QED) is 0.139. The molecule has 0 aliphatic heterocycles. The summed E-state index contributed by atoms with van der Waals surface area (Å²) in [5.74, 6) is 1.88. The molecule has 0 atom stereocenters. The summed E-state index contributed by atoms with van der Waals surface area (Å²) in [4.78, 5) is 2.25. The molecule has 0 aliphatic rings. The largest absolute Gasteiger partial charge is 0.490 e. The van der Waals surface area contributed by atoms with E-state index in [1.165, 1.54) is 102 Å². The molecule has 3 nitrogen and oxygen atoms in total. The van der Waals surface area contributed by atoms with Gasteiger partial charge in [-0.05, 0) is 64.0 Å². The molecule has 0 spiro atoms. The van der Waals surface area contributed by atoms with Crippen molar-refractivity contribution in [3.05, 3.63) is 23.8 Å². The molecule has 0 radical (unpaired) electrons. The molecule has 0 amide bonds. The summed E-state index contributed by atoms with van der Waals surface area (Å²) in [7, 11) is 4.28. The summed E-state index contributed by atoms with van der Waals surface area (Å²) in [5, 5.41) is 0. The van der Waals surface area contributed by atoms with Crippen LogP contribution in [0.4, 0.5) is 0 Å². The van der Waals surface area contributed by atoms with E-state index in [0.717, 1.165) is 50.5 Å². The lowest BCUT2D eigenvalue weighted by atomic mass is 10.1. The molecule has 0 saturated heterocycles. The predicted molar refractivity (Wildman–Crippen MR) is 150 cm³/mol. The number of nitrogens with zero attached hydrogens (tertiary/aromatic N) is 1. The number of hydrogen-bond donors (Lipinski definition) is 0. The highest BCUT2D eigenvalue weighted by atomic mass is 16.5. The van der Waals surface area contributed by atoms with Gasteiger partial charge < -0.3 is 14.4 Å². The molecule has 34 heavy (non-hydrogen) atoms. The minimum atomic E-state index is 0.795. The normalized spacial score (nSPS) is 11.3. The van der Waals surface area contributed by atoms with Crippen molar-refractivity contribution in [2.24, 2.45) is 0 Å². The molecule has 198 valence electrons. The van der Waals surface area contributed by atoms with E-state index in [4.69, 9.17) is 9.47 Å². The van der Waals surface area contributed by atoms with Gasteiger partial charge in [-0.2, -0.15) is 0 Å². The highest BCUT2D eigenvalue weighted by molar-refractivity contribution is 5.43. The summed E-state index contributed by atoms with van der Waals surface area (Å²) >= 11 is 0. The van der Waals surface area contributed by atoms with E-state index in [1.54, 1.807) is 0 Å². The van der Waals surface area contributed by atoms with Crippen LogP contribution in [0.3, 0.4) is 0 Å². The van der Waals surface area contributed by atoms with Gasteiger partial charge in [0.1, 0.15) is 0 Å². The van der Waals surface area contributed by atoms with E-state index in [-0.39, 0.29) is 0 Å². The Bertz CT molecular complexity index is 573. The number of ether oxygens (including phenoxy) is 2. The second kappa shape index (κ2) is 22.3. The minimum Gasteiger partial charge on any atom is -0.490 e. The number of unbranched alkanes of at least 4 members (excludes halogenated alkanes) is 14. The lowest BCUT2D eigenvalue weighted by molar-refractivity contribution is 0.258. The maximum Gasteiger partial charge on any atom is 0.161 e. The maximum absolute atomic E-state index is 6.25. The first-order valence-corrected chi connectivity index (χ1v) is 14.7. The zero-order valence-electron chi connectivity index (χ0n) is 23.3. The number of aryl methyl sites for hydroxylation is 1. The van der Waals surface area contributed by atoms with Crippen LogP contribution < -0.4 is 9.47 Å². The van der Waals surface area contributed by atoms with Gasteiger partial charge in [0.2, 0.25) is 0 Å². The molecule has 0 N–H and O–H groups in total. The molecule has 0 heterocycles. The molecule has 0 unspecified atom stereocenters. The van der Waals surface area contributed by atoms with Crippen molar-refractivity contribution in [1.29, 1.82) is 0 Å². The van der Waals surface area contributed by atoms with Gasteiger partial charge in [-0.1, -0.05) is 110 Å². The van der Waals surface area contributed by atoms with E-state index in [9.17, 15) is 0 Å². The Labute approximate surface area is 213 Å². The van der Waals surface area contributed by atoms with Crippen molar-refractivity contribution in [1.82, 2.24) is 4.90 Å². The fourth-order valence-electron chi connectivity index (χ4n) is 4.38. The SMILES string of the molecule is CCCCCCCCCCOc1ccc(CCCN(C)C)cc1OCCCCCCCCCC. The molecule has 0 aliphatic carbocycles. The molecule has 1 rings (SSSR count). The van der Waals surface area contributed by atoms with Crippen LogP contribution in [-0.2, 0) is 6.42 Å². The second-order valence-electron chi connectivity index (χ2n) is 10.3. The van der Waals surface area contributed by atoms with Crippen LogP contribution in [0.1, 0.15) is 129 Å². The van der Waals surface area contributed by atoms with Crippen LogP contribution in [0, 0.1) is 0 Å². The average molecular weight is 476 g/mol. The first kappa shape index (κ1) is 30.8. The van der Waals surface area contributed by atoms with E-state index in [0.29, 0.717) is 0 Å². The zero-order valence-corrected chi connectivity index (χ0v) is 23.3. The van der Waals surface area contributed by atoms with Gasteiger partial charge in [0.05, 0.1) is 13.2 Å². The van der Waals surface area contributed by atoms with E-state index < -0.39 is 0 Å². The van der Waals surface area contributed by atoms with Crippen molar-refractivity contribution in [2.45, 2.75) is 129 Å². The Morgan fingerprint density at radius 1 is 0.559 bits per heavy atom. The molecule has 0 fully saturated rings. The monoisotopic (exact) mass is 475 g/mol. The average Bonchev–Trinajstić information content (AvgIpc) is 2.82. The predicted octanol–water partition coefficient (Wildman–Crippen LogP) is 9.22. The van der Waals surface area contributed by atoms with Crippen LogP contribution in [0.5, 0.6) is 11.5 Å². The van der Waals surface area contributed by atoms with E-state index in [2.05, 4.69) is 51.0 Å². The lowest BCUT2D eigenvalue weighted by Crippen LogP contribution is -2.13. The van der Waals surface area contributed by atoms with E-state index >= 15 is 0 Å². The highest BCUT2D eigenvalue weighted by Gasteiger charge is 2.08. The van der Waals surface area contributed by atoms with Gasteiger partial charge >= 0.3 is 0 Å². The zero-order chi connectivity index (χ0) is 24.7. The standard InChI is InChI=1S/C31H57NO2/c1-5-7-9-11-13-15-17-19-26-33-30-24-23-29(22-21-25-32(3)4)28-31(30)34-27-20-18-16-14-12-10-8-6-2/h23-24,28H,5-22,25-27H2,1-4H3. The Balaban J connectivity index is 2.39. The summed E-state index contributed by atoms with van der Waals surface area (Å²) in [6, 6.07) is 6.59. The van der Waals surface area contributed by atoms with Gasteiger partial charge in [-0.15, -0.1) is 0 Å². The first-order valence-electron chi connectivity index (χ1n) is 14.7. The number of rotatable bonds is 24. The van der Waals surface area contributed by atoms with Crippen LogP contribution in [0.2, 0.25) is 0 Å². The van der Waals surface area contributed by atoms with Crippen LogP contribution in [0.25, 0.3) is 0 Å². The van der Waals surface area contributed by atoms with Gasteiger partial charge in [0.25, 0.3) is 0 Å². The fourth-order valence-corrected chi connectivity index (χ4v) is 4.38. The van der Waals surface area contributed by atoms with Crippen molar-refractivity contribution >= 4 is 0 Å². The van der Waals surface area contributed by atoms with Gasteiger partial charge in [-0.3, -0.25) is 0 Å². The maximum atomic E-state index is 6.25. The number of benzene rings is 1. The van der Waals surface area contributed by atoms with Gasteiger partial charge in [0.15, 0.2) is 11.5 Å². The minimum absolute atomic E-state index is 0.795. The van der Waals surface area contributed by atoms with Gasteiger partial charge in [0, 0.05) is 0 Å². The van der Waals surface area contributed by atoms with Crippen molar-refractivity contribution in [3.8, 4) is 11.5 Å². The Kier molecular flexibility index (Phi) is 20.2. The third-order valence-electron chi connectivity index (χ3n) is 6.59. The smallest absolute Gasteiger partial charge is 0.161 e. The second-order valence-corrected chi connectivity index (χ2v) is 10.3. The molecular formula is C31H57NO2. The van der Waals surface area contributed by atoms with Crippen molar-refractivity contribution in [2.75, 3.05) is 33.9 Å². The summed E-state index contributed by atoms with van der Waals surface area (Å²) < 4.78 is 12.4. The molecule has 1 aromatic carbocycles. The first-order chi connectivity index (χ1) is 16.7. The fraction of sp³-hybridized carbons (Fsp3) is 0.806. The summed E-state index contributed by atoms with van der Waals surface area (Å²) in [5.41, 5.74) is 1.35. The Hall–Kier alpha value is -1.22. The summed E-state index contributed by atoms with van der Waals surface area (Å²) in [6.45, 7) is 7.27.